The van der Waals surface area contributed by atoms with Gasteiger partial charge in [-0.3, -0.25) is 14.6 Å². The Morgan fingerprint density at radius 3 is 2.24 bits per heavy atom. The van der Waals surface area contributed by atoms with E-state index in [-0.39, 0.29) is 18.4 Å². The largest absolute Gasteiger partial charge is 0.486 e. The van der Waals surface area contributed by atoms with Crippen molar-refractivity contribution < 1.29 is 14.3 Å². The monoisotopic (exact) mass is 478 g/mol. The number of ether oxygens (including phenoxy) is 1. The maximum Gasteiger partial charge on any atom is 0.267 e. The number of amides is 2. The summed E-state index contributed by atoms with van der Waals surface area (Å²) in [6.07, 6.45) is 3.09. The van der Waals surface area contributed by atoms with Crippen LogP contribution in [0.4, 0.5) is 11.4 Å². The number of carbonyl (C=O) groups excluding carboxylic acids is 2. The minimum Gasteiger partial charge on any atom is -0.486 e. The molecule has 0 aliphatic rings. The third-order valence-electron chi connectivity index (χ3n) is 4.59. The number of rotatable bonds is 7. The summed E-state index contributed by atoms with van der Waals surface area (Å²) in [7, 11) is 0. The number of carbonyl (C=O) groups is 2. The van der Waals surface area contributed by atoms with E-state index in [1.165, 1.54) is 11.3 Å². The Balaban J connectivity index is 1.44. The molecule has 0 saturated heterocycles. The van der Waals surface area contributed by atoms with Crippen molar-refractivity contribution in [3.63, 3.8) is 0 Å². The van der Waals surface area contributed by atoms with E-state index in [4.69, 9.17) is 16.3 Å². The number of para-hydroxylation sites is 2. The van der Waals surface area contributed by atoms with Crippen LogP contribution in [0.5, 0.6) is 5.75 Å². The average molecular weight is 479 g/mol. The molecule has 33 heavy (non-hydrogen) atoms. The SMILES string of the molecule is Cc1nc(COc2ccc(Cl)cc2)sc1C(=O)Nc1ccccc1NC(=O)c1ccncc1. The summed E-state index contributed by atoms with van der Waals surface area (Å²) in [5.41, 5.74) is 2.04. The molecule has 0 saturated carbocycles. The molecule has 2 aromatic heterocycles. The van der Waals surface area contributed by atoms with Crippen LogP contribution in [0, 0.1) is 6.92 Å². The molecule has 0 atom stereocenters. The molecule has 166 valence electrons. The molecule has 0 unspecified atom stereocenters. The molecule has 4 aromatic rings. The van der Waals surface area contributed by atoms with E-state index in [2.05, 4.69) is 20.6 Å². The lowest BCUT2D eigenvalue weighted by Gasteiger charge is -2.12. The van der Waals surface area contributed by atoms with Crippen LogP contribution in [0.3, 0.4) is 0 Å². The molecule has 0 fully saturated rings. The van der Waals surface area contributed by atoms with Gasteiger partial charge in [-0.2, -0.15) is 0 Å². The van der Waals surface area contributed by atoms with Crippen molar-refractivity contribution in [2.45, 2.75) is 13.5 Å². The number of benzene rings is 2. The minimum absolute atomic E-state index is 0.235. The number of aromatic nitrogens is 2. The van der Waals surface area contributed by atoms with E-state index in [9.17, 15) is 9.59 Å². The molecule has 0 aliphatic carbocycles. The Morgan fingerprint density at radius 2 is 1.58 bits per heavy atom. The number of hydrogen-bond acceptors (Lipinski definition) is 6. The Kier molecular flexibility index (Phi) is 6.97. The van der Waals surface area contributed by atoms with Crippen LogP contribution in [0.1, 0.15) is 30.7 Å². The van der Waals surface area contributed by atoms with Gasteiger partial charge in [0.05, 0.1) is 17.1 Å². The minimum atomic E-state index is -0.312. The first-order valence-corrected chi connectivity index (χ1v) is 11.2. The predicted molar refractivity (Wildman–Crippen MR) is 129 cm³/mol. The zero-order valence-corrected chi connectivity index (χ0v) is 19.1. The highest BCUT2D eigenvalue weighted by molar-refractivity contribution is 7.13. The van der Waals surface area contributed by atoms with Crippen molar-refractivity contribution in [3.8, 4) is 5.75 Å². The van der Waals surface area contributed by atoms with Gasteiger partial charge in [-0.15, -0.1) is 11.3 Å². The quantitative estimate of drug-likeness (QED) is 0.361. The Labute approximate surface area is 199 Å². The molecule has 0 bridgehead atoms. The molecule has 0 spiro atoms. The molecule has 2 N–H and O–H groups in total. The van der Waals surface area contributed by atoms with Gasteiger partial charge in [-0.05, 0) is 55.5 Å². The highest BCUT2D eigenvalue weighted by Crippen LogP contribution is 2.26. The maximum absolute atomic E-state index is 13.0. The van der Waals surface area contributed by atoms with Crippen molar-refractivity contribution in [2.75, 3.05) is 10.6 Å². The lowest BCUT2D eigenvalue weighted by molar-refractivity contribution is 0.101. The fraction of sp³-hybridized carbons (Fsp3) is 0.0833. The highest BCUT2D eigenvalue weighted by atomic mass is 35.5. The Bertz CT molecular complexity index is 1280. The third kappa shape index (κ3) is 5.74. The van der Waals surface area contributed by atoms with E-state index in [0.29, 0.717) is 43.3 Å². The van der Waals surface area contributed by atoms with Crippen LogP contribution in [-0.2, 0) is 6.61 Å². The van der Waals surface area contributed by atoms with E-state index in [1.807, 2.05) is 0 Å². The van der Waals surface area contributed by atoms with Crippen molar-refractivity contribution in [1.29, 1.82) is 0 Å². The molecular formula is C24H19ClN4O3S. The van der Waals surface area contributed by atoms with E-state index in [0.717, 1.165) is 0 Å². The number of nitrogens with one attached hydrogen (secondary N) is 2. The van der Waals surface area contributed by atoms with Crippen molar-refractivity contribution in [3.05, 3.63) is 99.2 Å². The van der Waals surface area contributed by atoms with Gasteiger partial charge in [0, 0.05) is 23.0 Å². The lowest BCUT2D eigenvalue weighted by Crippen LogP contribution is -2.16. The van der Waals surface area contributed by atoms with Gasteiger partial charge in [-0.1, -0.05) is 23.7 Å². The molecule has 7 nitrogen and oxygen atoms in total. The summed E-state index contributed by atoms with van der Waals surface area (Å²) in [6.45, 7) is 2.01. The normalized spacial score (nSPS) is 10.5. The van der Waals surface area contributed by atoms with Gasteiger partial charge in [0.15, 0.2) is 0 Å². The summed E-state index contributed by atoms with van der Waals surface area (Å²) in [5, 5.41) is 6.99. The Morgan fingerprint density at radius 1 is 0.939 bits per heavy atom. The lowest BCUT2D eigenvalue weighted by atomic mass is 10.2. The number of thiazole rings is 1. The van der Waals surface area contributed by atoms with Gasteiger partial charge in [-0.25, -0.2) is 4.98 Å². The molecule has 2 aromatic carbocycles. The average Bonchev–Trinajstić information content (AvgIpc) is 3.21. The summed E-state index contributed by atoms with van der Waals surface area (Å²) in [5.74, 6) is 0.0557. The number of halogens is 1. The van der Waals surface area contributed by atoms with E-state index in [1.54, 1.807) is 80.0 Å². The van der Waals surface area contributed by atoms with Crippen LogP contribution in [-0.4, -0.2) is 21.8 Å². The summed E-state index contributed by atoms with van der Waals surface area (Å²) >= 11 is 7.15. The van der Waals surface area contributed by atoms with Crippen LogP contribution in [0.25, 0.3) is 0 Å². The van der Waals surface area contributed by atoms with Crippen LogP contribution in [0.15, 0.2) is 73.1 Å². The molecular weight excluding hydrogens is 460 g/mol. The van der Waals surface area contributed by atoms with Crippen molar-refractivity contribution in [2.24, 2.45) is 0 Å². The van der Waals surface area contributed by atoms with Crippen LogP contribution in [0.2, 0.25) is 5.02 Å². The maximum atomic E-state index is 13.0. The molecule has 4 rings (SSSR count). The van der Waals surface area contributed by atoms with Gasteiger partial charge in [0.25, 0.3) is 11.8 Å². The van der Waals surface area contributed by atoms with E-state index >= 15 is 0 Å². The first kappa shape index (κ1) is 22.4. The number of nitrogens with zero attached hydrogens (tertiary/aromatic N) is 2. The zero-order valence-electron chi connectivity index (χ0n) is 17.5. The van der Waals surface area contributed by atoms with Gasteiger partial charge in [0.1, 0.15) is 22.2 Å². The van der Waals surface area contributed by atoms with Crippen molar-refractivity contribution in [1.82, 2.24) is 9.97 Å². The molecule has 2 heterocycles. The second-order valence-electron chi connectivity index (χ2n) is 6.95. The first-order valence-electron chi connectivity index (χ1n) is 9.96. The molecule has 9 heteroatoms. The Hall–Kier alpha value is -3.75. The zero-order chi connectivity index (χ0) is 23.2. The first-order chi connectivity index (χ1) is 16.0. The van der Waals surface area contributed by atoms with Gasteiger partial charge < -0.3 is 15.4 Å². The fourth-order valence-corrected chi connectivity index (χ4v) is 3.98. The fourth-order valence-electron chi connectivity index (χ4n) is 2.98. The van der Waals surface area contributed by atoms with Crippen LogP contribution >= 0.6 is 22.9 Å². The van der Waals surface area contributed by atoms with E-state index < -0.39 is 0 Å². The number of aryl methyl sites for hydroxylation is 1. The number of pyridine rings is 1. The molecule has 2 amide bonds. The van der Waals surface area contributed by atoms with Crippen LogP contribution < -0.4 is 15.4 Å². The second kappa shape index (κ2) is 10.2. The predicted octanol–water partition coefficient (Wildman–Crippen LogP) is 5.58. The molecule has 0 radical (unpaired) electrons. The summed E-state index contributed by atoms with van der Waals surface area (Å²) in [6, 6.07) is 17.3. The smallest absolute Gasteiger partial charge is 0.267 e. The van der Waals surface area contributed by atoms with Gasteiger partial charge in [0.2, 0.25) is 0 Å². The third-order valence-corrected chi connectivity index (χ3v) is 5.97. The van der Waals surface area contributed by atoms with Crippen molar-refractivity contribution >= 4 is 46.1 Å². The van der Waals surface area contributed by atoms with Gasteiger partial charge >= 0.3 is 0 Å². The second-order valence-corrected chi connectivity index (χ2v) is 8.47. The standard InChI is InChI=1S/C24H19ClN4O3S/c1-15-22(33-21(27-15)14-32-18-8-6-17(25)7-9-18)24(31)29-20-5-3-2-4-19(20)28-23(30)16-10-12-26-13-11-16/h2-13H,14H2,1H3,(H,28,30)(H,29,31). The molecule has 0 aliphatic heterocycles. The number of anilines is 2. The topological polar surface area (TPSA) is 93.2 Å². The number of hydrogen-bond donors (Lipinski definition) is 2. The summed E-state index contributed by atoms with van der Waals surface area (Å²) < 4.78 is 5.72. The summed E-state index contributed by atoms with van der Waals surface area (Å²) in [4.78, 5) is 34.3. The highest BCUT2D eigenvalue weighted by Gasteiger charge is 2.18.